The molecule has 0 bridgehead atoms. The molecule has 2 fully saturated rings. The molecule has 0 radical (unpaired) electrons. The largest absolute Gasteiger partial charge is 0.381 e. The first-order valence-electron chi connectivity index (χ1n) is 4.81. The second kappa shape index (κ2) is 3.50. The number of carbonyl (C=O) groups is 1. The minimum atomic E-state index is 0.205. The number of carbonyl (C=O) groups excluding carboxylic acids is 1. The lowest BCUT2D eigenvalue weighted by molar-refractivity contribution is -0.123. The van der Waals surface area contributed by atoms with Crippen molar-refractivity contribution in [2.45, 2.75) is 6.92 Å². The van der Waals surface area contributed by atoms with Crippen molar-refractivity contribution in [2.24, 2.45) is 17.8 Å². The highest BCUT2D eigenvalue weighted by Crippen LogP contribution is 2.50. The number of ether oxygens (including phenoxy) is 1. The van der Waals surface area contributed by atoms with Gasteiger partial charge in [-0.1, -0.05) is 12.2 Å². The molecule has 2 aliphatic rings. The van der Waals surface area contributed by atoms with Crippen molar-refractivity contribution in [3.8, 4) is 0 Å². The van der Waals surface area contributed by atoms with Crippen molar-refractivity contribution < 1.29 is 9.53 Å². The van der Waals surface area contributed by atoms with Gasteiger partial charge in [-0.2, -0.15) is 0 Å². The number of hydrogen-bond donors (Lipinski definition) is 1. The standard InChI is InChI=1S/C10H15NO2/c1-2-3-4-11-10(12)9-7-5-13-6-8(7)9/h2-3,7-9H,4-6H2,1H3,(H,11,12)/b3-2+. The second-order valence-electron chi connectivity index (χ2n) is 3.71. The van der Waals surface area contributed by atoms with Gasteiger partial charge in [-0.3, -0.25) is 4.79 Å². The quantitative estimate of drug-likeness (QED) is 0.646. The van der Waals surface area contributed by atoms with Crippen LogP contribution in [0, 0.1) is 17.8 Å². The van der Waals surface area contributed by atoms with Gasteiger partial charge in [0, 0.05) is 12.5 Å². The van der Waals surface area contributed by atoms with Crippen molar-refractivity contribution in [2.75, 3.05) is 19.8 Å². The SMILES string of the molecule is C/C=C/CNC(=O)C1C2COCC21. The van der Waals surface area contributed by atoms with Crippen LogP contribution in [0.4, 0.5) is 0 Å². The van der Waals surface area contributed by atoms with E-state index >= 15 is 0 Å². The molecule has 0 aromatic heterocycles. The Kier molecular flexibility index (Phi) is 2.36. The Bertz CT molecular complexity index is 227. The van der Waals surface area contributed by atoms with Crippen LogP contribution in [0.1, 0.15) is 6.92 Å². The third-order valence-corrected chi connectivity index (χ3v) is 2.88. The Balaban J connectivity index is 1.74. The fourth-order valence-electron chi connectivity index (χ4n) is 2.02. The number of rotatable bonds is 3. The van der Waals surface area contributed by atoms with E-state index in [0.717, 1.165) is 13.2 Å². The van der Waals surface area contributed by atoms with Gasteiger partial charge >= 0.3 is 0 Å². The number of allylic oxidation sites excluding steroid dienone is 1. The summed E-state index contributed by atoms with van der Waals surface area (Å²) in [7, 11) is 0. The van der Waals surface area contributed by atoms with Crippen molar-refractivity contribution in [3.63, 3.8) is 0 Å². The van der Waals surface area contributed by atoms with Crippen LogP contribution in [0.15, 0.2) is 12.2 Å². The zero-order valence-corrected chi connectivity index (χ0v) is 7.82. The van der Waals surface area contributed by atoms with Gasteiger partial charge in [0.05, 0.1) is 13.2 Å². The predicted molar refractivity (Wildman–Crippen MR) is 49.1 cm³/mol. The first-order chi connectivity index (χ1) is 6.34. The molecule has 0 aromatic rings. The number of amides is 1. The van der Waals surface area contributed by atoms with Crippen molar-refractivity contribution in [1.29, 1.82) is 0 Å². The first kappa shape index (κ1) is 8.75. The Hall–Kier alpha value is -0.830. The smallest absolute Gasteiger partial charge is 0.224 e. The maximum absolute atomic E-state index is 11.5. The van der Waals surface area contributed by atoms with Gasteiger partial charge in [0.25, 0.3) is 0 Å². The molecular formula is C10H15NO2. The van der Waals surface area contributed by atoms with Gasteiger partial charge < -0.3 is 10.1 Å². The molecule has 1 amide bonds. The van der Waals surface area contributed by atoms with Crippen molar-refractivity contribution >= 4 is 5.91 Å². The van der Waals surface area contributed by atoms with E-state index in [9.17, 15) is 4.79 Å². The van der Waals surface area contributed by atoms with Gasteiger partial charge in [0.2, 0.25) is 5.91 Å². The Morgan fingerprint density at radius 2 is 2.23 bits per heavy atom. The maximum Gasteiger partial charge on any atom is 0.224 e. The fourth-order valence-corrected chi connectivity index (χ4v) is 2.02. The molecule has 1 aliphatic carbocycles. The zero-order chi connectivity index (χ0) is 9.26. The molecular weight excluding hydrogens is 166 g/mol. The van der Waals surface area contributed by atoms with E-state index in [1.807, 2.05) is 19.1 Å². The van der Waals surface area contributed by atoms with E-state index in [1.165, 1.54) is 0 Å². The average molecular weight is 181 g/mol. The minimum absolute atomic E-state index is 0.205. The Labute approximate surface area is 78.1 Å². The highest BCUT2D eigenvalue weighted by Gasteiger charge is 2.57. The molecule has 13 heavy (non-hydrogen) atoms. The third kappa shape index (κ3) is 1.61. The molecule has 1 heterocycles. The molecule has 2 unspecified atom stereocenters. The average Bonchev–Trinajstić information content (AvgIpc) is 2.61. The zero-order valence-electron chi connectivity index (χ0n) is 7.82. The summed E-state index contributed by atoms with van der Waals surface area (Å²) < 4.78 is 5.22. The molecule has 3 heteroatoms. The van der Waals surface area contributed by atoms with Crippen LogP contribution >= 0.6 is 0 Å². The molecule has 2 atom stereocenters. The molecule has 0 spiro atoms. The molecule has 1 N–H and O–H groups in total. The maximum atomic E-state index is 11.5. The van der Waals surface area contributed by atoms with Crippen molar-refractivity contribution in [3.05, 3.63) is 12.2 Å². The van der Waals surface area contributed by atoms with Crippen molar-refractivity contribution in [1.82, 2.24) is 5.32 Å². The summed E-state index contributed by atoms with van der Waals surface area (Å²) in [6, 6.07) is 0. The first-order valence-corrected chi connectivity index (χ1v) is 4.81. The van der Waals surface area contributed by atoms with Crippen LogP contribution < -0.4 is 5.32 Å². The van der Waals surface area contributed by atoms with E-state index in [-0.39, 0.29) is 11.8 Å². The number of fused-ring (bicyclic) bond motifs is 1. The lowest BCUT2D eigenvalue weighted by Crippen LogP contribution is -2.27. The Morgan fingerprint density at radius 1 is 1.54 bits per heavy atom. The van der Waals surface area contributed by atoms with Crippen LogP contribution in [-0.2, 0) is 9.53 Å². The number of nitrogens with one attached hydrogen (secondary N) is 1. The van der Waals surface area contributed by atoms with Gasteiger partial charge in [-0.25, -0.2) is 0 Å². The summed E-state index contributed by atoms with van der Waals surface area (Å²) >= 11 is 0. The van der Waals surface area contributed by atoms with Crippen LogP contribution in [0.2, 0.25) is 0 Å². The van der Waals surface area contributed by atoms with Crippen LogP contribution in [0.25, 0.3) is 0 Å². The lowest BCUT2D eigenvalue weighted by Gasteiger charge is -2.03. The predicted octanol–water partition coefficient (Wildman–Crippen LogP) is 0.571. The number of hydrogen-bond acceptors (Lipinski definition) is 2. The molecule has 1 saturated heterocycles. The van der Waals surface area contributed by atoms with Crippen LogP contribution in [0.3, 0.4) is 0 Å². The monoisotopic (exact) mass is 181 g/mol. The van der Waals surface area contributed by atoms with Gasteiger partial charge in [-0.15, -0.1) is 0 Å². The summed E-state index contributed by atoms with van der Waals surface area (Å²) in [6.07, 6.45) is 3.89. The molecule has 72 valence electrons. The summed E-state index contributed by atoms with van der Waals surface area (Å²) in [5, 5.41) is 2.89. The third-order valence-electron chi connectivity index (χ3n) is 2.88. The van der Waals surface area contributed by atoms with E-state index in [1.54, 1.807) is 0 Å². The molecule has 2 rings (SSSR count). The van der Waals surface area contributed by atoms with E-state index in [0.29, 0.717) is 18.4 Å². The summed E-state index contributed by atoms with van der Waals surface area (Å²) in [6.45, 7) is 4.18. The summed E-state index contributed by atoms with van der Waals surface area (Å²) in [4.78, 5) is 11.5. The summed E-state index contributed by atoms with van der Waals surface area (Å²) in [5.74, 6) is 1.49. The van der Waals surface area contributed by atoms with E-state index in [2.05, 4.69) is 5.32 Å². The lowest BCUT2D eigenvalue weighted by atomic mass is 10.3. The van der Waals surface area contributed by atoms with E-state index < -0.39 is 0 Å². The highest BCUT2D eigenvalue weighted by molar-refractivity contribution is 5.82. The molecule has 1 saturated carbocycles. The van der Waals surface area contributed by atoms with Gasteiger partial charge in [0.1, 0.15) is 0 Å². The summed E-state index contributed by atoms with van der Waals surface area (Å²) in [5.41, 5.74) is 0. The van der Waals surface area contributed by atoms with Crippen LogP contribution in [0.5, 0.6) is 0 Å². The highest BCUT2D eigenvalue weighted by atomic mass is 16.5. The van der Waals surface area contributed by atoms with E-state index in [4.69, 9.17) is 4.74 Å². The minimum Gasteiger partial charge on any atom is -0.381 e. The molecule has 3 nitrogen and oxygen atoms in total. The topological polar surface area (TPSA) is 38.3 Å². The normalized spacial score (nSPS) is 36.2. The Morgan fingerprint density at radius 3 is 2.85 bits per heavy atom. The second-order valence-corrected chi connectivity index (χ2v) is 3.71. The van der Waals surface area contributed by atoms with Gasteiger partial charge in [0.15, 0.2) is 0 Å². The van der Waals surface area contributed by atoms with Crippen LogP contribution in [-0.4, -0.2) is 25.7 Å². The fraction of sp³-hybridized carbons (Fsp3) is 0.700. The molecule has 1 aliphatic heterocycles. The molecule has 0 aromatic carbocycles. The van der Waals surface area contributed by atoms with Gasteiger partial charge in [-0.05, 0) is 18.8 Å².